The van der Waals surface area contributed by atoms with Crippen molar-refractivity contribution >= 4 is 0 Å². The Morgan fingerprint density at radius 2 is 1.68 bits per heavy atom. The average Bonchev–Trinajstić information content (AvgIpc) is 2.93. The minimum absolute atomic E-state index is 0.168. The van der Waals surface area contributed by atoms with Crippen LogP contribution in [0.25, 0.3) is 0 Å². The van der Waals surface area contributed by atoms with Gasteiger partial charge in [-0.25, -0.2) is 0 Å². The maximum Gasteiger partial charge on any atom is 0.125 e. The van der Waals surface area contributed by atoms with Crippen LogP contribution in [0.5, 0.6) is 0 Å². The number of hydrogen-bond acceptors (Lipinski definition) is 2. The summed E-state index contributed by atoms with van der Waals surface area (Å²) in [6.07, 6.45) is 15.8. The highest BCUT2D eigenvalue weighted by atomic mass is 16.3. The van der Waals surface area contributed by atoms with Crippen molar-refractivity contribution < 1.29 is 10.2 Å². The quantitative estimate of drug-likeness (QED) is 0.693. The molecule has 4 aliphatic rings. The third-order valence-electron chi connectivity index (χ3n) is 9.65. The SMILES string of the molecule is C#C[C@]1(O)CC[C@]2(C)C3CC[C@@]4(C)C(CC[C@@H]4[C@@H](C)O)C3CC[C@H]2C1. The Balaban J connectivity index is 1.59. The van der Waals surface area contributed by atoms with Crippen molar-refractivity contribution in [3.05, 3.63) is 0 Å². The molecule has 4 rings (SSSR count). The topological polar surface area (TPSA) is 40.5 Å². The fraction of sp³-hybridized carbons (Fsp3) is 0.913. The molecule has 3 unspecified atom stereocenters. The van der Waals surface area contributed by atoms with E-state index in [1.54, 1.807) is 0 Å². The van der Waals surface area contributed by atoms with E-state index in [-0.39, 0.29) is 6.10 Å². The molecular weight excluding hydrogens is 308 g/mol. The van der Waals surface area contributed by atoms with Crippen molar-refractivity contribution in [1.82, 2.24) is 0 Å². The second-order valence-corrected chi connectivity index (χ2v) is 10.5. The molecule has 2 nitrogen and oxygen atoms in total. The molecule has 0 aromatic heterocycles. The van der Waals surface area contributed by atoms with Gasteiger partial charge in [0.05, 0.1) is 6.10 Å². The molecule has 0 aromatic rings. The maximum atomic E-state index is 10.7. The predicted molar refractivity (Wildman–Crippen MR) is 101 cm³/mol. The van der Waals surface area contributed by atoms with Crippen LogP contribution in [0.15, 0.2) is 0 Å². The molecule has 0 radical (unpaired) electrons. The van der Waals surface area contributed by atoms with E-state index >= 15 is 0 Å². The molecule has 0 heterocycles. The molecule has 2 N–H and O–H groups in total. The van der Waals surface area contributed by atoms with Crippen LogP contribution < -0.4 is 0 Å². The molecule has 0 aromatic carbocycles. The lowest BCUT2D eigenvalue weighted by molar-refractivity contribution is -0.142. The van der Waals surface area contributed by atoms with Crippen LogP contribution in [-0.2, 0) is 0 Å². The van der Waals surface area contributed by atoms with Gasteiger partial charge in [-0.3, -0.25) is 0 Å². The van der Waals surface area contributed by atoms with Gasteiger partial charge in [-0.2, -0.15) is 0 Å². The smallest absolute Gasteiger partial charge is 0.125 e. The minimum atomic E-state index is -0.856. The van der Waals surface area contributed by atoms with Gasteiger partial charge in [0, 0.05) is 0 Å². The summed E-state index contributed by atoms with van der Waals surface area (Å²) in [6.45, 7) is 6.99. The maximum absolute atomic E-state index is 10.7. The summed E-state index contributed by atoms with van der Waals surface area (Å²) in [5, 5.41) is 21.0. The van der Waals surface area contributed by atoms with E-state index < -0.39 is 5.60 Å². The van der Waals surface area contributed by atoms with Crippen LogP contribution in [-0.4, -0.2) is 21.9 Å². The van der Waals surface area contributed by atoms with Gasteiger partial charge in [-0.05, 0) is 105 Å². The number of terminal acetylenes is 1. The predicted octanol–water partition coefficient (Wildman–Crippen LogP) is 4.39. The van der Waals surface area contributed by atoms with Gasteiger partial charge in [-0.15, -0.1) is 6.42 Å². The average molecular weight is 345 g/mol. The third-order valence-corrected chi connectivity index (χ3v) is 9.65. The van der Waals surface area contributed by atoms with Crippen molar-refractivity contribution in [2.24, 2.45) is 40.4 Å². The molecule has 4 aliphatic carbocycles. The zero-order valence-corrected chi connectivity index (χ0v) is 16.3. The fourth-order valence-corrected chi connectivity index (χ4v) is 8.21. The van der Waals surface area contributed by atoms with E-state index in [2.05, 4.69) is 19.8 Å². The van der Waals surface area contributed by atoms with Gasteiger partial charge in [-0.1, -0.05) is 19.8 Å². The largest absolute Gasteiger partial charge is 0.393 e. The summed E-state index contributed by atoms with van der Waals surface area (Å²) in [4.78, 5) is 0. The number of rotatable bonds is 1. The Bertz CT molecular complexity index is 577. The van der Waals surface area contributed by atoms with Crippen LogP contribution in [0, 0.1) is 52.8 Å². The fourth-order valence-electron chi connectivity index (χ4n) is 8.21. The Kier molecular flexibility index (Phi) is 4.10. The van der Waals surface area contributed by atoms with Gasteiger partial charge in [0.15, 0.2) is 0 Å². The van der Waals surface area contributed by atoms with E-state index in [0.29, 0.717) is 22.7 Å². The van der Waals surface area contributed by atoms with Crippen LogP contribution in [0.4, 0.5) is 0 Å². The van der Waals surface area contributed by atoms with E-state index in [1.807, 2.05) is 6.92 Å². The van der Waals surface area contributed by atoms with Gasteiger partial charge < -0.3 is 10.2 Å². The van der Waals surface area contributed by atoms with E-state index in [1.165, 1.54) is 38.5 Å². The van der Waals surface area contributed by atoms with Crippen molar-refractivity contribution in [3.8, 4) is 12.3 Å². The zero-order chi connectivity index (χ0) is 18.0. The van der Waals surface area contributed by atoms with Gasteiger partial charge in [0.25, 0.3) is 0 Å². The summed E-state index contributed by atoms with van der Waals surface area (Å²) in [7, 11) is 0. The second-order valence-electron chi connectivity index (χ2n) is 10.5. The Morgan fingerprint density at radius 1 is 0.960 bits per heavy atom. The highest BCUT2D eigenvalue weighted by Crippen LogP contribution is 2.68. The lowest BCUT2D eigenvalue weighted by Crippen LogP contribution is -2.56. The van der Waals surface area contributed by atoms with Crippen molar-refractivity contribution in [2.75, 3.05) is 0 Å². The summed E-state index contributed by atoms with van der Waals surface area (Å²) in [5.41, 5.74) is -0.159. The highest BCUT2D eigenvalue weighted by Gasteiger charge is 2.61. The molecular formula is C23H36O2. The van der Waals surface area contributed by atoms with Crippen molar-refractivity contribution in [2.45, 2.75) is 90.3 Å². The molecule has 9 atom stereocenters. The Morgan fingerprint density at radius 3 is 2.36 bits per heavy atom. The molecule has 4 saturated carbocycles. The lowest BCUT2D eigenvalue weighted by Gasteiger charge is -2.61. The monoisotopic (exact) mass is 344 g/mol. The van der Waals surface area contributed by atoms with Crippen LogP contribution in [0.3, 0.4) is 0 Å². The number of aliphatic hydroxyl groups is 2. The van der Waals surface area contributed by atoms with Gasteiger partial charge in [0.2, 0.25) is 0 Å². The number of hydrogen-bond donors (Lipinski definition) is 2. The van der Waals surface area contributed by atoms with Gasteiger partial charge in [0.1, 0.15) is 5.60 Å². The van der Waals surface area contributed by atoms with Crippen molar-refractivity contribution in [1.29, 1.82) is 0 Å². The van der Waals surface area contributed by atoms with Crippen LogP contribution in [0.1, 0.15) is 78.6 Å². The first-order valence-electron chi connectivity index (χ1n) is 10.6. The van der Waals surface area contributed by atoms with E-state index in [0.717, 1.165) is 37.0 Å². The molecule has 25 heavy (non-hydrogen) atoms. The molecule has 0 amide bonds. The van der Waals surface area contributed by atoms with E-state index in [4.69, 9.17) is 6.42 Å². The molecule has 0 aliphatic heterocycles. The second kappa shape index (κ2) is 5.74. The summed E-state index contributed by atoms with van der Waals surface area (Å²) >= 11 is 0. The Hall–Kier alpha value is -0.520. The van der Waals surface area contributed by atoms with Crippen LogP contribution in [0.2, 0.25) is 0 Å². The summed E-state index contributed by atoms with van der Waals surface area (Å²) < 4.78 is 0. The van der Waals surface area contributed by atoms with Crippen LogP contribution >= 0.6 is 0 Å². The summed E-state index contributed by atoms with van der Waals surface area (Å²) in [5.74, 6) is 6.16. The highest BCUT2D eigenvalue weighted by molar-refractivity contribution is 5.16. The molecule has 140 valence electrons. The van der Waals surface area contributed by atoms with E-state index in [9.17, 15) is 10.2 Å². The lowest BCUT2D eigenvalue weighted by atomic mass is 9.44. The molecule has 0 saturated heterocycles. The minimum Gasteiger partial charge on any atom is -0.393 e. The Labute approximate surface area is 153 Å². The first kappa shape index (κ1) is 17.9. The molecule has 2 heteroatoms. The number of aliphatic hydroxyl groups excluding tert-OH is 1. The molecule has 4 fully saturated rings. The summed E-state index contributed by atoms with van der Waals surface area (Å²) in [6, 6.07) is 0. The normalized spacial score (nSPS) is 56.2. The van der Waals surface area contributed by atoms with Gasteiger partial charge >= 0.3 is 0 Å². The third kappa shape index (κ3) is 2.45. The number of fused-ring (bicyclic) bond motifs is 5. The first-order chi connectivity index (χ1) is 11.7. The molecule has 0 spiro atoms. The van der Waals surface area contributed by atoms with Crippen molar-refractivity contribution in [3.63, 3.8) is 0 Å². The zero-order valence-electron chi connectivity index (χ0n) is 16.3. The first-order valence-corrected chi connectivity index (χ1v) is 10.6. The molecule has 0 bridgehead atoms. The standard InChI is InChI=1S/C23H36O2/c1-5-23(25)13-12-21(3)16(14-23)6-7-17-19-9-8-18(15(2)24)22(19,4)11-10-20(17)21/h1,15-20,24-25H,6-14H2,2-4H3/t15-,16+,17?,18-,19?,20?,21+,22-,23+/m1/s1.